The lowest BCUT2D eigenvalue weighted by atomic mass is 10.4. The molecule has 0 rings (SSSR count). The van der Waals surface area contributed by atoms with Gasteiger partial charge in [0.2, 0.25) is 0 Å². The molecule has 0 aromatic heterocycles. The molecular weight excluding hydrogens is 120 g/mol. The van der Waals surface area contributed by atoms with Crippen LogP contribution in [0, 0.1) is 4.91 Å². The van der Waals surface area contributed by atoms with Crippen LogP contribution in [-0.4, -0.2) is 30.8 Å². The summed E-state index contributed by atoms with van der Waals surface area (Å²) < 4.78 is 0. The second-order valence-electron chi connectivity index (χ2n) is 1.91. The molecule has 4 heteroatoms. The maximum atomic E-state index is 9.50. The Hall–Kier alpha value is -0.480. The standard InChI is InChI=1S/C5H12N2O2/c1-5(8)4-6-2-3-7-9/h5-6,8H,2-4H2,1H3. The van der Waals surface area contributed by atoms with Crippen molar-refractivity contribution in [1.82, 2.24) is 5.32 Å². The zero-order valence-corrected chi connectivity index (χ0v) is 5.50. The summed E-state index contributed by atoms with van der Waals surface area (Å²) >= 11 is 0. The molecule has 0 amide bonds. The normalized spacial score (nSPS) is 13.1. The van der Waals surface area contributed by atoms with E-state index in [4.69, 9.17) is 5.11 Å². The number of nitroso groups, excluding NO2 is 1. The minimum atomic E-state index is -0.350. The highest BCUT2D eigenvalue weighted by Gasteiger charge is 1.91. The summed E-state index contributed by atoms with van der Waals surface area (Å²) in [4.78, 5) is 9.50. The SMILES string of the molecule is CC(O)CNCCN=O. The molecule has 2 N–H and O–H groups in total. The largest absolute Gasteiger partial charge is 0.392 e. The Labute approximate surface area is 54.2 Å². The average Bonchev–Trinajstić information content (AvgIpc) is 1.80. The average molecular weight is 132 g/mol. The Morgan fingerprint density at radius 1 is 1.78 bits per heavy atom. The summed E-state index contributed by atoms with van der Waals surface area (Å²) in [7, 11) is 0. The van der Waals surface area contributed by atoms with Gasteiger partial charge in [-0.2, -0.15) is 4.91 Å². The molecule has 0 saturated carbocycles. The van der Waals surface area contributed by atoms with Gasteiger partial charge in [0.05, 0.1) is 12.6 Å². The number of aliphatic hydroxyl groups is 1. The highest BCUT2D eigenvalue weighted by molar-refractivity contribution is 4.53. The number of hydrogen-bond acceptors (Lipinski definition) is 4. The fourth-order valence-corrected chi connectivity index (χ4v) is 0.436. The van der Waals surface area contributed by atoms with Gasteiger partial charge in [0, 0.05) is 13.1 Å². The van der Waals surface area contributed by atoms with Gasteiger partial charge in [-0.3, -0.25) is 0 Å². The van der Waals surface area contributed by atoms with Gasteiger partial charge in [0.1, 0.15) is 0 Å². The summed E-state index contributed by atoms with van der Waals surface area (Å²) in [5.41, 5.74) is 0. The van der Waals surface area contributed by atoms with Gasteiger partial charge in [0.25, 0.3) is 0 Å². The molecule has 0 bridgehead atoms. The van der Waals surface area contributed by atoms with E-state index >= 15 is 0 Å². The van der Waals surface area contributed by atoms with Crippen molar-refractivity contribution in [2.45, 2.75) is 13.0 Å². The fourth-order valence-electron chi connectivity index (χ4n) is 0.436. The van der Waals surface area contributed by atoms with Gasteiger partial charge < -0.3 is 10.4 Å². The highest BCUT2D eigenvalue weighted by Crippen LogP contribution is 1.73. The van der Waals surface area contributed by atoms with Gasteiger partial charge in [-0.25, -0.2) is 0 Å². The Kier molecular flexibility index (Phi) is 5.35. The Morgan fingerprint density at radius 3 is 2.89 bits per heavy atom. The second kappa shape index (κ2) is 5.65. The summed E-state index contributed by atoms with van der Waals surface area (Å²) in [5.74, 6) is 0. The van der Waals surface area contributed by atoms with Gasteiger partial charge in [0.15, 0.2) is 0 Å². The number of nitrogens with one attached hydrogen (secondary N) is 1. The molecule has 0 aliphatic heterocycles. The topological polar surface area (TPSA) is 61.7 Å². The van der Waals surface area contributed by atoms with Crippen molar-refractivity contribution in [3.63, 3.8) is 0 Å². The van der Waals surface area contributed by atoms with E-state index in [-0.39, 0.29) is 12.6 Å². The van der Waals surface area contributed by atoms with Gasteiger partial charge in [-0.05, 0) is 6.92 Å². The lowest BCUT2D eigenvalue weighted by Crippen LogP contribution is -2.26. The number of rotatable bonds is 5. The molecule has 0 aliphatic rings. The molecule has 9 heavy (non-hydrogen) atoms. The van der Waals surface area contributed by atoms with Crippen molar-refractivity contribution >= 4 is 0 Å². The molecule has 0 fully saturated rings. The zero-order valence-electron chi connectivity index (χ0n) is 5.50. The van der Waals surface area contributed by atoms with Crippen LogP contribution in [0.1, 0.15) is 6.92 Å². The van der Waals surface area contributed by atoms with E-state index in [1.165, 1.54) is 0 Å². The molecule has 4 nitrogen and oxygen atoms in total. The van der Waals surface area contributed by atoms with E-state index in [2.05, 4.69) is 10.5 Å². The summed E-state index contributed by atoms with van der Waals surface area (Å²) in [6, 6.07) is 0. The van der Waals surface area contributed by atoms with Crippen molar-refractivity contribution < 1.29 is 5.11 Å². The van der Waals surface area contributed by atoms with E-state index in [0.717, 1.165) is 0 Å². The van der Waals surface area contributed by atoms with Crippen molar-refractivity contribution in [1.29, 1.82) is 0 Å². The molecule has 1 unspecified atom stereocenters. The third kappa shape index (κ3) is 7.52. The molecule has 0 aliphatic carbocycles. The summed E-state index contributed by atoms with van der Waals surface area (Å²) in [5, 5.41) is 14.2. The lowest BCUT2D eigenvalue weighted by molar-refractivity contribution is 0.192. The van der Waals surface area contributed by atoms with Crippen LogP contribution in [0.3, 0.4) is 0 Å². The van der Waals surface area contributed by atoms with Crippen LogP contribution >= 0.6 is 0 Å². The van der Waals surface area contributed by atoms with E-state index in [1.807, 2.05) is 0 Å². The van der Waals surface area contributed by atoms with Crippen LogP contribution in [0.2, 0.25) is 0 Å². The Bertz CT molecular complexity index is 75.4. The molecular formula is C5H12N2O2. The van der Waals surface area contributed by atoms with E-state index in [1.54, 1.807) is 6.92 Å². The van der Waals surface area contributed by atoms with E-state index < -0.39 is 0 Å². The Balaban J connectivity index is 2.82. The zero-order chi connectivity index (χ0) is 7.11. The first-order valence-corrected chi connectivity index (χ1v) is 2.95. The van der Waals surface area contributed by atoms with E-state index in [9.17, 15) is 4.91 Å². The monoisotopic (exact) mass is 132 g/mol. The molecule has 1 atom stereocenters. The molecule has 0 heterocycles. The Morgan fingerprint density at radius 2 is 2.44 bits per heavy atom. The molecule has 0 radical (unpaired) electrons. The minimum Gasteiger partial charge on any atom is -0.392 e. The smallest absolute Gasteiger partial charge is 0.0935 e. The van der Waals surface area contributed by atoms with Crippen LogP contribution in [0.25, 0.3) is 0 Å². The van der Waals surface area contributed by atoms with Crippen LogP contribution in [0.4, 0.5) is 0 Å². The van der Waals surface area contributed by atoms with Crippen LogP contribution in [-0.2, 0) is 0 Å². The highest BCUT2D eigenvalue weighted by atomic mass is 16.3. The first kappa shape index (κ1) is 8.52. The minimum absolute atomic E-state index is 0.271. The predicted octanol–water partition coefficient (Wildman–Crippen LogP) is -0.277. The van der Waals surface area contributed by atoms with Crippen molar-refractivity contribution in [2.24, 2.45) is 5.18 Å². The molecule has 54 valence electrons. The maximum Gasteiger partial charge on any atom is 0.0935 e. The quantitative estimate of drug-likeness (QED) is 0.399. The van der Waals surface area contributed by atoms with Crippen LogP contribution in [0.5, 0.6) is 0 Å². The fraction of sp³-hybridized carbons (Fsp3) is 1.00. The maximum absolute atomic E-state index is 9.50. The third-order valence-electron chi connectivity index (χ3n) is 0.820. The third-order valence-corrected chi connectivity index (χ3v) is 0.820. The molecule has 0 spiro atoms. The predicted molar refractivity (Wildman–Crippen MR) is 35.2 cm³/mol. The van der Waals surface area contributed by atoms with Crippen LogP contribution < -0.4 is 5.32 Å². The first-order chi connectivity index (χ1) is 4.27. The van der Waals surface area contributed by atoms with Gasteiger partial charge in [-0.1, -0.05) is 5.18 Å². The van der Waals surface area contributed by atoms with Crippen molar-refractivity contribution in [3.8, 4) is 0 Å². The number of aliphatic hydroxyl groups excluding tert-OH is 1. The molecule has 0 aromatic carbocycles. The van der Waals surface area contributed by atoms with Crippen molar-refractivity contribution in [3.05, 3.63) is 4.91 Å². The second-order valence-corrected chi connectivity index (χ2v) is 1.91. The summed E-state index contributed by atoms with van der Waals surface area (Å²) in [6.07, 6.45) is -0.350. The van der Waals surface area contributed by atoms with Crippen LogP contribution in [0.15, 0.2) is 5.18 Å². The van der Waals surface area contributed by atoms with E-state index in [0.29, 0.717) is 13.1 Å². The van der Waals surface area contributed by atoms with Gasteiger partial charge in [-0.15, -0.1) is 0 Å². The number of hydrogen-bond donors (Lipinski definition) is 2. The number of nitrogens with zero attached hydrogens (tertiary/aromatic N) is 1. The first-order valence-electron chi connectivity index (χ1n) is 2.95. The molecule has 0 saturated heterocycles. The molecule has 0 aromatic rings. The lowest BCUT2D eigenvalue weighted by Gasteiger charge is -2.02. The summed E-state index contributed by atoms with van der Waals surface area (Å²) in [6.45, 7) is 3.03. The van der Waals surface area contributed by atoms with Gasteiger partial charge >= 0.3 is 0 Å². The van der Waals surface area contributed by atoms with Crippen molar-refractivity contribution in [2.75, 3.05) is 19.6 Å².